The molecule has 0 unspecified atom stereocenters. The summed E-state index contributed by atoms with van der Waals surface area (Å²) in [6.07, 6.45) is 0. The van der Waals surface area contributed by atoms with Gasteiger partial charge in [0.05, 0.1) is 18.5 Å². The van der Waals surface area contributed by atoms with Gasteiger partial charge in [0, 0.05) is 11.1 Å². The first-order valence-electron chi connectivity index (χ1n) is 8.06. The second kappa shape index (κ2) is 6.44. The number of rotatable bonds is 4. The molecular weight excluding hydrogens is 334 g/mol. The molecule has 7 nitrogen and oxygen atoms in total. The lowest BCUT2D eigenvalue weighted by Crippen LogP contribution is -2.12. The Balaban J connectivity index is 1.63. The normalized spacial score (nSPS) is 12.1. The number of amides is 1. The summed E-state index contributed by atoms with van der Waals surface area (Å²) in [4.78, 5) is 12.6. The van der Waals surface area contributed by atoms with Crippen molar-refractivity contribution in [3.05, 3.63) is 53.7 Å². The number of carbonyl (C=O) groups is 1. The van der Waals surface area contributed by atoms with Gasteiger partial charge in [-0.1, -0.05) is 0 Å². The van der Waals surface area contributed by atoms with Crippen molar-refractivity contribution >= 4 is 11.6 Å². The number of carbonyl (C=O) groups excluding carboxylic acids is 1. The van der Waals surface area contributed by atoms with E-state index in [0.717, 1.165) is 11.3 Å². The molecule has 7 heteroatoms. The minimum atomic E-state index is -0.223. The number of aromatic amines is 1. The third-order valence-electron chi connectivity index (χ3n) is 4.18. The van der Waals surface area contributed by atoms with Crippen LogP contribution >= 0.6 is 0 Å². The standard InChI is InChI=1S/C19H17N3O4/c1-11-17(20-19(23)12-3-6-14(24-2)7-4-12)18(22-21-11)13-5-8-15-16(9-13)26-10-25-15/h3-9H,10H2,1-2H3,(H,20,23)(H,21,22). The summed E-state index contributed by atoms with van der Waals surface area (Å²) in [6.45, 7) is 2.06. The number of nitrogens with zero attached hydrogens (tertiary/aromatic N) is 1. The highest BCUT2D eigenvalue weighted by molar-refractivity contribution is 6.06. The van der Waals surface area contributed by atoms with E-state index in [2.05, 4.69) is 15.5 Å². The summed E-state index contributed by atoms with van der Waals surface area (Å²) >= 11 is 0. The first-order chi connectivity index (χ1) is 12.7. The van der Waals surface area contributed by atoms with Crippen LogP contribution in [0.4, 0.5) is 5.69 Å². The Morgan fingerprint density at radius 1 is 1.15 bits per heavy atom. The van der Waals surface area contributed by atoms with Crippen LogP contribution in [0.5, 0.6) is 17.2 Å². The maximum absolute atomic E-state index is 12.6. The zero-order valence-corrected chi connectivity index (χ0v) is 14.3. The zero-order valence-electron chi connectivity index (χ0n) is 14.3. The summed E-state index contributed by atoms with van der Waals surface area (Å²) in [7, 11) is 1.58. The van der Waals surface area contributed by atoms with E-state index in [1.165, 1.54) is 0 Å². The van der Waals surface area contributed by atoms with Crippen LogP contribution in [0.2, 0.25) is 0 Å². The van der Waals surface area contributed by atoms with Crippen molar-refractivity contribution in [2.45, 2.75) is 6.92 Å². The molecule has 0 atom stereocenters. The van der Waals surface area contributed by atoms with Crippen LogP contribution in [0.3, 0.4) is 0 Å². The molecular formula is C19H17N3O4. The molecule has 1 aliphatic heterocycles. The van der Waals surface area contributed by atoms with E-state index in [9.17, 15) is 4.79 Å². The van der Waals surface area contributed by atoms with Gasteiger partial charge in [-0.15, -0.1) is 0 Å². The number of hydrogen-bond donors (Lipinski definition) is 2. The van der Waals surface area contributed by atoms with Gasteiger partial charge >= 0.3 is 0 Å². The van der Waals surface area contributed by atoms with Crippen molar-refractivity contribution in [1.82, 2.24) is 10.2 Å². The van der Waals surface area contributed by atoms with Gasteiger partial charge in [-0.05, 0) is 49.4 Å². The minimum absolute atomic E-state index is 0.208. The average Bonchev–Trinajstić information content (AvgIpc) is 3.28. The molecule has 132 valence electrons. The Morgan fingerprint density at radius 2 is 1.92 bits per heavy atom. The lowest BCUT2D eigenvalue weighted by Gasteiger charge is -2.08. The molecule has 26 heavy (non-hydrogen) atoms. The fourth-order valence-corrected chi connectivity index (χ4v) is 2.76. The van der Waals surface area contributed by atoms with E-state index in [0.29, 0.717) is 34.2 Å². The molecule has 1 aliphatic rings. The molecule has 0 saturated carbocycles. The van der Waals surface area contributed by atoms with Gasteiger partial charge in [-0.25, -0.2) is 0 Å². The van der Waals surface area contributed by atoms with Gasteiger partial charge in [-0.2, -0.15) is 5.10 Å². The fourth-order valence-electron chi connectivity index (χ4n) is 2.76. The molecule has 1 aromatic heterocycles. The molecule has 1 amide bonds. The second-order valence-electron chi connectivity index (χ2n) is 5.82. The van der Waals surface area contributed by atoms with Crippen molar-refractivity contribution in [3.63, 3.8) is 0 Å². The van der Waals surface area contributed by atoms with E-state index < -0.39 is 0 Å². The molecule has 0 spiro atoms. The maximum atomic E-state index is 12.6. The highest BCUT2D eigenvalue weighted by Gasteiger charge is 2.19. The number of aryl methyl sites for hydroxylation is 1. The van der Waals surface area contributed by atoms with Crippen LogP contribution in [0.15, 0.2) is 42.5 Å². The molecule has 2 aromatic carbocycles. The van der Waals surface area contributed by atoms with Crippen molar-refractivity contribution in [2.24, 2.45) is 0 Å². The molecule has 2 heterocycles. The molecule has 0 bridgehead atoms. The van der Waals surface area contributed by atoms with Gasteiger partial charge in [0.2, 0.25) is 6.79 Å². The minimum Gasteiger partial charge on any atom is -0.497 e. The SMILES string of the molecule is COc1ccc(C(=O)Nc2c(-c3ccc4c(c3)OCO4)n[nH]c2C)cc1. The second-order valence-corrected chi connectivity index (χ2v) is 5.82. The predicted octanol–water partition coefficient (Wildman–Crippen LogP) is 3.37. The molecule has 4 rings (SSSR count). The largest absolute Gasteiger partial charge is 0.497 e. The topological polar surface area (TPSA) is 85.5 Å². The van der Waals surface area contributed by atoms with E-state index in [1.54, 1.807) is 31.4 Å². The van der Waals surface area contributed by atoms with Gasteiger partial charge in [0.25, 0.3) is 5.91 Å². The molecule has 0 aliphatic carbocycles. The quantitative estimate of drug-likeness (QED) is 0.753. The number of aromatic nitrogens is 2. The third-order valence-corrected chi connectivity index (χ3v) is 4.18. The summed E-state index contributed by atoms with van der Waals surface area (Å²) < 4.78 is 15.9. The summed E-state index contributed by atoms with van der Waals surface area (Å²) in [5, 5.41) is 10.2. The van der Waals surface area contributed by atoms with Crippen LogP contribution in [0.1, 0.15) is 16.1 Å². The van der Waals surface area contributed by atoms with Gasteiger partial charge in [0.1, 0.15) is 11.4 Å². The lowest BCUT2D eigenvalue weighted by atomic mass is 10.1. The first-order valence-corrected chi connectivity index (χ1v) is 8.06. The molecule has 0 radical (unpaired) electrons. The van der Waals surface area contributed by atoms with E-state index in [-0.39, 0.29) is 12.7 Å². The Labute approximate surface area is 149 Å². The number of methoxy groups -OCH3 is 1. The fraction of sp³-hybridized carbons (Fsp3) is 0.158. The van der Waals surface area contributed by atoms with Gasteiger partial charge in [-0.3, -0.25) is 9.89 Å². The van der Waals surface area contributed by atoms with Crippen molar-refractivity contribution in [3.8, 4) is 28.5 Å². The Morgan fingerprint density at radius 3 is 2.69 bits per heavy atom. The van der Waals surface area contributed by atoms with E-state index in [1.807, 2.05) is 25.1 Å². The molecule has 0 saturated heterocycles. The predicted molar refractivity (Wildman–Crippen MR) is 95.8 cm³/mol. The number of H-pyrrole nitrogens is 1. The van der Waals surface area contributed by atoms with Crippen molar-refractivity contribution < 1.29 is 19.0 Å². The van der Waals surface area contributed by atoms with Gasteiger partial charge < -0.3 is 19.5 Å². The molecule has 3 aromatic rings. The highest BCUT2D eigenvalue weighted by Crippen LogP contribution is 2.38. The van der Waals surface area contributed by atoms with Crippen LogP contribution in [-0.4, -0.2) is 30.0 Å². The van der Waals surface area contributed by atoms with Crippen molar-refractivity contribution in [1.29, 1.82) is 0 Å². The monoisotopic (exact) mass is 351 g/mol. The number of anilines is 1. The Bertz CT molecular complexity index is 963. The molecule has 0 fully saturated rings. The Hall–Kier alpha value is -3.48. The van der Waals surface area contributed by atoms with E-state index in [4.69, 9.17) is 14.2 Å². The maximum Gasteiger partial charge on any atom is 0.255 e. The third kappa shape index (κ3) is 2.83. The van der Waals surface area contributed by atoms with Crippen LogP contribution in [0, 0.1) is 6.92 Å². The smallest absolute Gasteiger partial charge is 0.255 e. The first kappa shape index (κ1) is 16.0. The van der Waals surface area contributed by atoms with Crippen LogP contribution in [0.25, 0.3) is 11.3 Å². The number of nitrogens with one attached hydrogen (secondary N) is 2. The van der Waals surface area contributed by atoms with Crippen LogP contribution < -0.4 is 19.5 Å². The summed E-state index contributed by atoms with van der Waals surface area (Å²) in [5.41, 5.74) is 3.39. The highest BCUT2D eigenvalue weighted by atomic mass is 16.7. The lowest BCUT2D eigenvalue weighted by molar-refractivity contribution is 0.102. The number of benzene rings is 2. The average molecular weight is 351 g/mol. The summed E-state index contributed by atoms with van der Waals surface area (Å²) in [5.74, 6) is 1.83. The zero-order chi connectivity index (χ0) is 18.1. The van der Waals surface area contributed by atoms with Crippen molar-refractivity contribution in [2.75, 3.05) is 19.2 Å². The van der Waals surface area contributed by atoms with E-state index >= 15 is 0 Å². The number of ether oxygens (including phenoxy) is 3. The molecule has 2 N–H and O–H groups in total. The van der Waals surface area contributed by atoms with Gasteiger partial charge in [0.15, 0.2) is 11.5 Å². The Kier molecular flexibility index (Phi) is 3.96. The summed E-state index contributed by atoms with van der Waals surface area (Å²) in [6, 6.07) is 12.5. The number of hydrogen-bond acceptors (Lipinski definition) is 5. The number of fused-ring (bicyclic) bond motifs is 1. The van der Waals surface area contributed by atoms with Crippen LogP contribution in [-0.2, 0) is 0 Å².